The van der Waals surface area contributed by atoms with Crippen LogP contribution in [-0.2, 0) is 0 Å². The first-order chi connectivity index (χ1) is 8.13. The fraction of sp³-hybridized carbons (Fsp3) is 0.917. The summed E-state index contributed by atoms with van der Waals surface area (Å²) in [6, 6.07) is 0.0913. The van der Waals surface area contributed by atoms with Gasteiger partial charge in [-0.2, -0.15) is 11.8 Å². The highest BCUT2D eigenvalue weighted by molar-refractivity contribution is 7.98. The zero-order valence-corrected chi connectivity index (χ0v) is 11.6. The molecule has 1 rings (SSSR count). The third kappa shape index (κ3) is 5.64. The van der Waals surface area contributed by atoms with E-state index < -0.39 is 0 Å². The Labute approximate surface area is 108 Å². The fourth-order valence-corrected chi connectivity index (χ4v) is 2.71. The van der Waals surface area contributed by atoms with Crippen molar-refractivity contribution in [2.45, 2.75) is 44.8 Å². The maximum Gasteiger partial charge on any atom is 0.315 e. The highest BCUT2D eigenvalue weighted by atomic mass is 32.2. The van der Waals surface area contributed by atoms with Crippen molar-refractivity contribution in [2.75, 3.05) is 18.6 Å². The molecule has 4 nitrogen and oxygen atoms in total. The largest absolute Gasteiger partial charge is 0.393 e. The molecule has 0 bridgehead atoms. The second kappa shape index (κ2) is 7.82. The minimum absolute atomic E-state index is 0.113. The van der Waals surface area contributed by atoms with Crippen LogP contribution in [0.1, 0.15) is 32.6 Å². The molecule has 0 aromatic rings. The molecule has 5 heteroatoms. The predicted octanol–water partition coefficient (Wildman–Crippen LogP) is 1.59. The summed E-state index contributed by atoms with van der Waals surface area (Å²) >= 11 is 1.79. The highest BCUT2D eigenvalue weighted by Gasteiger charge is 2.25. The van der Waals surface area contributed by atoms with Crippen molar-refractivity contribution >= 4 is 17.8 Å². The molecule has 2 amide bonds. The van der Waals surface area contributed by atoms with Crippen LogP contribution in [0.4, 0.5) is 4.79 Å². The lowest BCUT2D eigenvalue weighted by Gasteiger charge is -2.17. The van der Waals surface area contributed by atoms with Crippen molar-refractivity contribution in [1.82, 2.24) is 10.6 Å². The summed E-state index contributed by atoms with van der Waals surface area (Å²) in [7, 11) is 0. The van der Waals surface area contributed by atoms with Crippen molar-refractivity contribution in [3.05, 3.63) is 0 Å². The molecule has 1 fully saturated rings. The topological polar surface area (TPSA) is 61.4 Å². The first kappa shape index (κ1) is 14.6. The number of nitrogens with one attached hydrogen (secondary N) is 2. The zero-order valence-electron chi connectivity index (χ0n) is 10.7. The van der Waals surface area contributed by atoms with Gasteiger partial charge in [-0.3, -0.25) is 0 Å². The molecule has 100 valence electrons. The molecule has 3 atom stereocenters. The minimum Gasteiger partial charge on any atom is -0.393 e. The Kier molecular flexibility index (Phi) is 6.73. The Morgan fingerprint density at radius 2 is 2.29 bits per heavy atom. The van der Waals surface area contributed by atoms with E-state index in [0.717, 1.165) is 31.4 Å². The molecule has 1 aliphatic rings. The number of carbonyl (C=O) groups excluding carboxylic acids is 1. The van der Waals surface area contributed by atoms with Gasteiger partial charge in [0.05, 0.1) is 6.10 Å². The number of aliphatic hydroxyl groups is 1. The Balaban J connectivity index is 2.12. The van der Waals surface area contributed by atoms with Crippen molar-refractivity contribution in [3.63, 3.8) is 0 Å². The van der Waals surface area contributed by atoms with Gasteiger partial charge in [0.2, 0.25) is 0 Å². The van der Waals surface area contributed by atoms with E-state index in [4.69, 9.17) is 0 Å². The molecular formula is C12H24N2O2S. The smallest absolute Gasteiger partial charge is 0.315 e. The molecule has 0 unspecified atom stereocenters. The van der Waals surface area contributed by atoms with E-state index in [-0.39, 0.29) is 24.1 Å². The Bertz CT molecular complexity index is 239. The lowest BCUT2D eigenvalue weighted by Crippen LogP contribution is -2.43. The van der Waals surface area contributed by atoms with E-state index in [9.17, 15) is 9.90 Å². The summed E-state index contributed by atoms with van der Waals surface area (Å²) in [6.07, 6.45) is 5.78. The molecule has 0 aromatic heterocycles. The third-order valence-corrected chi connectivity index (χ3v) is 3.92. The van der Waals surface area contributed by atoms with E-state index in [1.807, 2.05) is 6.92 Å². The number of amides is 2. The van der Waals surface area contributed by atoms with Crippen molar-refractivity contribution < 1.29 is 9.90 Å². The fourth-order valence-electron chi connectivity index (χ4n) is 2.12. The van der Waals surface area contributed by atoms with E-state index in [1.165, 1.54) is 0 Å². The van der Waals surface area contributed by atoms with Gasteiger partial charge in [-0.1, -0.05) is 6.42 Å². The number of rotatable bonds is 6. The quantitative estimate of drug-likeness (QED) is 0.679. The van der Waals surface area contributed by atoms with Crippen LogP contribution in [0.15, 0.2) is 0 Å². The number of hydrogen-bond acceptors (Lipinski definition) is 3. The van der Waals surface area contributed by atoms with Crippen molar-refractivity contribution in [2.24, 2.45) is 5.92 Å². The van der Waals surface area contributed by atoms with Gasteiger partial charge in [0, 0.05) is 18.5 Å². The summed E-state index contributed by atoms with van der Waals surface area (Å²) in [5.74, 6) is 1.30. The van der Waals surface area contributed by atoms with Gasteiger partial charge >= 0.3 is 6.03 Å². The Morgan fingerprint density at radius 1 is 1.53 bits per heavy atom. The Morgan fingerprint density at radius 3 is 2.88 bits per heavy atom. The van der Waals surface area contributed by atoms with Crippen LogP contribution in [0.2, 0.25) is 0 Å². The number of thioether (sulfide) groups is 1. The zero-order chi connectivity index (χ0) is 12.7. The van der Waals surface area contributed by atoms with Crippen LogP contribution in [0.5, 0.6) is 0 Å². The highest BCUT2D eigenvalue weighted by Crippen LogP contribution is 2.24. The summed E-state index contributed by atoms with van der Waals surface area (Å²) in [5.41, 5.74) is 0. The summed E-state index contributed by atoms with van der Waals surface area (Å²) in [6.45, 7) is 2.60. The average molecular weight is 260 g/mol. The molecule has 0 aromatic carbocycles. The number of hydrogen-bond donors (Lipinski definition) is 3. The summed E-state index contributed by atoms with van der Waals surface area (Å²) in [5, 5.41) is 15.4. The maximum absolute atomic E-state index is 11.6. The van der Waals surface area contributed by atoms with Gasteiger partial charge in [0.25, 0.3) is 0 Å². The standard InChI is InChI=1S/C12H24N2O2S/c1-9(6-7-17-2)14-12(16)13-8-10-4-3-5-11(10)15/h9-11,15H,3-8H2,1-2H3,(H2,13,14,16)/t9-,10+,11-/m0/s1. The van der Waals surface area contributed by atoms with Gasteiger partial charge in [0.1, 0.15) is 0 Å². The van der Waals surface area contributed by atoms with E-state index >= 15 is 0 Å². The van der Waals surface area contributed by atoms with Crippen molar-refractivity contribution in [1.29, 1.82) is 0 Å². The van der Waals surface area contributed by atoms with Gasteiger partial charge in [-0.15, -0.1) is 0 Å². The molecular weight excluding hydrogens is 236 g/mol. The monoisotopic (exact) mass is 260 g/mol. The van der Waals surface area contributed by atoms with Crippen LogP contribution in [0.25, 0.3) is 0 Å². The minimum atomic E-state index is -0.232. The van der Waals surface area contributed by atoms with Crippen LogP contribution in [0.3, 0.4) is 0 Å². The summed E-state index contributed by atoms with van der Waals surface area (Å²) in [4.78, 5) is 11.6. The molecule has 3 N–H and O–H groups in total. The van der Waals surface area contributed by atoms with Gasteiger partial charge in [0.15, 0.2) is 0 Å². The molecule has 0 heterocycles. The molecule has 0 radical (unpaired) electrons. The number of carbonyl (C=O) groups is 1. The van der Waals surface area contributed by atoms with Gasteiger partial charge in [-0.05, 0) is 38.2 Å². The van der Waals surface area contributed by atoms with Crippen LogP contribution in [-0.4, -0.2) is 41.8 Å². The van der Waals surface area contributed by atoms with Crippen LogP contribution in [0, 0.1) is 5.92 Å². The first-order valence-corrected chi connectivity index (χ1v) is 7.74. The van der Waals surface area contributed by atoms with Crippen LogP contribution >= 0.6 is 11.8 Å². The number of aliphatic hydroxyl groups excluding tert-OH is 1. The second-order valence-corrected chi connectivity index (χ2v) is 5.78. The second-order valence-electron chi connectivity index (χ2n) is 4.80. The Hall–Kier alpha value is -0.420. The maximum atomic E-state index is 11.6. The van der Waals surface area contributed by atoms with Crippen LogP contribution < -0.4 is 10.6 Å². The van der Waals surface area contributed by atoms with E-state index in [0.29, 0.717) is 6.54 Å². The summed E-state index contributed by atoms with van der Waals surface area (Å²) < 4.78 is 0. The van der Waals surface area contributed by atoms with E-state index in [2.05, 4.69) is 16.9 Å². The first-order valence-electron chi connectivity index (χ1n) is 6.35. The SMILES string of the molecule is CSCC[C@H](C)NC(=O)NC[C@H]1CCC[C@@H]1O. The van der Waals surface area contributed by atoms with Crippen molar-refractivity contribution in [3.8, 4) is 0 Å². The number of urea groups is 1. The molecule has 0 saturated heterocycles. The lowest BCUT2D eigenvalue weighted by molar-refractivity contribution is 0.132. The predicted molar refractivity (Wildman–Crippen MR) is 72.3 cm³/mol. The molecule has 17 heavy (non-hydrogen) atoms. The lowest BCUT2D eigenvalue weighted by atomic mass is 10.1. The molecule has 1 saturated carbocycles. The van der Waals surface area contributed by atoms with Gasteiger partial charge in [-0.25, -0.2) is 4.79 Å². The third-order valence-electron chi connectivity index (χ3n) is 3.28. The van der Waals surface area contributed by atoms with Gasteiger partial charge < -0.3 is 15.7 Å². The molecule has 1 aliphatic carbocycles. The molecule has 0 aliphatic heterocycles. The molecule has 0 spiro atoms. The van der Waals surface area contributed by atoms with E-state index in [1.54, 1.807) is 11.8 Å². The average Bonchev–Trinajstić information content (AvgIpc) is 2.69. The normalized spacial score (nSPS) is 25.6.